The van der Waals surface area contributed by atoms with Crippen LogP contribution in [0.3, 0.4) is 0 Å². The first-order valence-electron chi connectivity index (χ1n) is 21.2. The summed E-state index contributed by atoms with van der Waals surface area (Å²) in [5, 5.41) is 24.4. The Morgan fingerprint density at radius 2 is 1.64 bits per heavy atom. The second-order valence-electron chi connectivity index (χ2n) is 18.8. The topological polar surface area (TPSA) is 109 Å². The predicted octanol–water partition coefficient (Wildman–Crippen LogP) is 8.85. The summed E-state index contributed by atoms with van der Waals surface area (Å²) in [5.41, 5.74) is 2.71. The Hall–Kier alpha value is -3.88. The normalized spacial score (nSPS) is 32.4. The van der Waals surface area contributed by atoms with Crippen molar-refractivity contribution in [2.45, 2.75) is 121 Å². The molecular weight excluding hydrogens is 703 g/mol. The van der Waals surface area contributed by atoms with Crippen LogP contribution in [0.5, 0.6) is 11.5 Å². The van der Waals surface area contributed by atoms with Gasteiger partial charge in [-0.1, -0.05) is 36.8 Å². The van der Waals surface area contributed by atoms with E-state index in [1.165, 1.54) is 50.4 Å². The first-order chi connectivity index (χ1) is 26.9. The number of hydrogen-bond acceptors (Lipinski definition) is 7. The molecule has 1 aromatic heterocycles. The Balaban J connectivity index is 1.17. The number of aliphatic hydroxyl groups excluding tert-OH is 1. The van der Waals surface area contributed by atoms with Crippen LogP contribution in [0.2, 0.25) is 0 Å². The van der Waals surface area contributed by atoms with Crippen molar-refractivity contribution < 1.29 is 33.7 Å². The van der Waals surface area contributed by atoms with Gasteiger partial charge in [0.15, 0.2) is 17.3 Å². The van der Waals surface area contributed by atoms with Crippen molar-refractivity contribution in [3.8, 4) is 11.5 Å². The molecule has 7 aliphatic carbocycles. The number of benzene rings is 2. The molecule has 2 N–H and O–H groups in total. The van der Waals surface area contributed by atoms with Gasteiger partial charge >= 0.3 is 0 Å². The van der Waals surface area contributed by atoms with Crippen LogP contribution < -0.4 is 9.47 Å². The maximum Gasteiger partial charge on any atom is 0.228 e. The molecule has 5 fully saturated rings. The van der Waals surface area contributed by atoms with Gasteiger partial charge < -0.3 is 29.0 Å². The lowest BCUT2D eigenvalue weighted by Gasteiger charge is -2.58. The zero-order valence-corrected chi connectivity index (χ0v) is 33.9. The second-order valence-corrected chi connectivity index (χ2v) is 18.8. The molecule has 1 heterocycles. The Morgan fingerprint density at radius 3 is 2.32 bits per heavy atom. The van der Waals surface area contributed by atoms with Gasteiger partial charge in [-0.25, -0.2) is 0 Å². The van der Waals surface area contributed by atoms with Gasteiger partial charge in [0.2, 0.25) is 11.7 Å². The Bertz CT molecular complexity index is 1910. The first-order valence-corrected chi connectivity index (χ1v) is 21.2. The van der Waals surface area contributed by atoms with Gasteiger partial charge in [-0.15, -0.1) is 0 Å². The zero-order valence-electron chi connectivity index (χ0n) is 33.9. The molecule has 0 spiro atoms. The number of methoxy groups -OCH3 is 2. The minimum atomic E-state index is -1.20. The highest BCUT2D eigenvalue weighted by Gasteiger charge is 2.59. The van der Waals surface area contributed by atoms with Gasteiger partial charge in [-0.2, -0.15) is 0 Å². The summed E-state index contributed by atoms with van der Waals surface area (Å²) >= 11 is 0. The lowest BCUT2D eigenvalue weighted by Crippen LogP contribution is -2.58. The van der Waals surface area contributed by atoms with Crippen molar-refractivity contribution >= 4 is 11.7 Å². The summed E-state index contributed by atoms with van der Waals surface area (Å²) in [4.78, 5) is 31.1. The monoisotopic (exact) mass is 763 g/mol. The Kier molecular flexibility index (Phi) is 10.8. The quantitative estimate of drug-likeness (QED) is 0.157. The van der Waals surface area contributed by atoms with Crippen molar-refractivity contribution in [1.82, 2.24) is 4.90 Å². The average Bonchev–Trinajstić information content (AvgIpc) is 3.79. The van der Waals surface area contributed by atoms with Crippen molar-refractivity contribution in [3.63, 3.8) is 0 Å². The number of allylic oxidation sites excluding steroid dienone is 2. The molecule has 8 heteroatoms. The Morgan fingerprint density at radius 1 is 0.911 bits per heavy atom. The number of aliphatic hydroxyl groups is 2. The van der Waals surface area contributed by atoms with E-state index in [9.17, 15) is 19.8 Å². The van der Waals surface area contributed by atoms with Crippen molar-refractivity contribution in [2.24, 2.45) is 28.6 Å². The zero-order chi connectivity index (χ0) is 39.2. The highest BCUT2D eigenvalue weighted by atomic mass is 16.5. The molecule has 2 aromatic carbocycles. The summed E-state index contributed by atoms with van der Waals surface area (Å²) in [6.45, 7) is 5.26. The molecule has 3 aromatic rings. The first kappa shape index (κ1) is 39.0. The maximum atomic E-state index is 14.9. The SMILES string of the molecule is COc1ccc(CC(=O)N(CC23CC4CC(CC(C4)C2)C3)CC2(O)CCC3c4ccc(cc4C(=O)c4ccco4)CC(O)CCC(C)=CCCC32C)cc1OC. The smallest absolute Gasteiger partial charge is 0.228 e. The molecule has 5 saturated carbocycles. The van der Waals surface area contributed by atoms with E-state index in [4.69, 9.17) is 13.9 Å². The number of amides is 1. The van der Waals surface area contributed by atoms with Crippen LogP contribution in [-0.4, -0.2) is 65.8 Å². The fourth-order valence-corrected chi connectivity index (χ4v) is 12.5. The summed E-state index contributed by atoms with van der Waals surface area (Å²) in [7, 11) is 3.23. The third-order valence-electron chi connectivity index (χ3n) is 15.0. The average molecular weight is 764 g/mol. The van der Waals surface area contributed by atoms with E-state index in [2.05, 4.69) is 37.0 Å². The fourth-order valence-electron chi connectivity index (χ4n) is 12.5. The summed E-state index contributed by atoms with van der Waals surface area (Å²) in [6.07, 6.45) is 15.5. The Labute approximate surface area is 332 Å². The molecule has 0 radical (unpaired) electrons. The summed E-state index contributed by atoms with van der Waals surface area (Å²) in [6, 6.07) is 15.2. The standard InChI is InChI=1S/C48H61NO7/c1-31-7-5-16-46(2)40(38-13-10-32(22-37(50)12-9-31)23-39(38)45(52)42-8-6-18-56-42)15-17-48(46,53)30-49(29-47-26-34-19-35(27-47)21-36(20-34)28-47)44(51)25-33-11-14-41(54-3)43(24-33)55-4/h6-8,10-11,13-14,18,23-24,34-37,40,50,53H,5,9,12,15-17,19-22,25-30H2,1-4H3. The van der Waals surface area contributed by atoms with Crippen LogP contribution >= 0.6 is 0 Å². The molecule has 4 unspecified atom stereocenters. The van der Waals surface area contributed by atoms with Gasteiger partial charge in [0.05, 0.1) is 38.6 Å². The number of hydrogen-bond donors (Lipinski definition) is 2. The van der Waals surface area contributed by atoms with Crippen LogP contribution in [0.25, 0.3) is 0 Å². The van der Waals surface area contributed by atoms with Gasteiger partial charge in [-0.3, -0.25) is 9.59 Å². The van der Waals surface area contributed by atoms with E-state index in [0.717, 1.165) is 47.3 Å². The number of fused-ring (bicyclic) bond motifs is 8. The summed E-state index contributed by atoms with van der Waals surface area (Å²) in [5.74, 6) is 3.43. The van der Waals surface area contributed by atoms with Gasteiger partial charge in [0.25, 0.3) is 0 Å². The number of furan rings is 1. The van der Waals surface area contributed by atoms with E-state index in [0.29, 0.717) is 55.7 Å². The van der Waals surface area contributed by atoms with E-state index in [1.807, 2.05) is 24.3 Å². The number of ether oxygens (including phenoxy) is 2. The lowest BCUT2D eigenvalue weighted by atomic mass is 9.49. The fraction of sp³-hybridized carbons (Fsp3) is 0.583. The molecule has 10 rings (SSSR count). The van der Waals surface area contributed by atoms with Gasteiger partial charge in [0.1, 0.15) is 0 Å². The van der Waals surface area contributed by atoms with Gasteiger partial charge in [-0.05, 0) is 167 Å². The third-order valence-corrected chi connectivity index (χ3v) is 15.0. The molecule has 8 nitrogen and oxygen atoms in total. The lowest BCUT2D eigenvalue weighted by molar-refractivity contribution is -0.148. The molecule has 7 aliphatic rings. The van der Waals surface area contributed by atoms with Crippen LogP contribution in [0.1, 0.15) is 130 Å². The van der Waals surface area contributed by atoms with E-state index in [-0.39, 0.29) is 41.7 Å². The van der Waals surface area contributed by atoms with Crippen molar-refractivity contribution in [1.29, 1.82) is 0 Å². The maximum absolute atomic E-state index is 14.9. The third kappa shape index (κ3) is 7.48. The van der Waals surface area contributed by atoms with Crippen LogP contribution in [0.4, 0.5) is 0 Å². The number of ketones is 1. The molecule has 300 valence electrons. The number of rotatable bonds is 10. The summed E-state index contributed by atoms with van der Waals surface area (Å²) < 4.78 is 16.8. The van der Waals surface area contributed by atoms with Crippen LogP contribution in [-0.2, 0) is 17.6 Å². The molecule has 6 bridgehead atoms. The molecule has 56 heavy (non-hydrogen) atoms. The number of carbonyl (C=O) groups excluding carboxylic acids is 2. The largest absolute Gasteiger partial charge is 0.493 e. The minimum absolute atomic E-state index is 0.0293. The molecule has 0 saturated heterocycles. The molecular formula is C48H61NO7. The molecule has 4 atom stereocenters. The van der Waals surface area contributed by atoms with Gasteiger partial charge in [0, 0.05) is 24.1 Å². The highest BCUT2D eigenvalue weighted by molar-refractivity contribution is 6.08. The van der Waals surface area contributed by atoms with E-state index in [1.54, 1.807) is 26.4 Å². The number of carbonyl (C=O) groups is 2. The molecule has 1 amide bonds. The number of nitrogens with zero attached hydrogens (tertiary/aromatic N) is 1. The van der Waals surface area contributed by atoms with Crippen LogP contribution in [0, 0.1) is 28.6 Å². The second kappa shape index (κ2) is 15.5. The highest BCUT2D eigenvalue weighted by Crippen LogP contribution is 2.62. The molecule has 0 aliphatic heterocycles. The minimum Gasteiger partial charge on any atom is -0.493 e. The van der Waals surface area contributed by atoms with Crippen LogP contribution in [0.15, 0.2) is 70.9 Å². The van der Waals surface area contributed by atoms with E-state index < -0.39 is 17.1 Å². The van der Waals surface area contributed by atoms with Crippen molar-refractivity contribution in [2.75, 3.05) is 27.3 Å². The predicted molar refractivity (Wildman–Crippen MR) is 216 cm³/mol. The van der Waals surface area contributed by atoms with Crippen molar-refractivity contribution in [3.05, 3.63) is 94.5 Å². The van der Waals surface area contributed by atoms with E-state index >= 15 is 0 Å².